The van der Waals surface area contributed by atoms with Gasteiger partial charge in [-0.2, -0.15) is 15.2 Å². The number of carbonyl (C=O) groups excluding carboxylic acids is 1. The Morgan fingerprint density at radius 3 is 2.45 bits per heavy atom. The van der Waals surface area contributed by atoms with Gasteiger partial charge in [0.25, 0.3) is 0 Å². The number of phenolic OH excluding ortho intramolecular Hbond substituents is 1. The minimum absolute atomic E-state index is 0.0201. The van der Waals surface area contributed by atoms with Crippen molar-refractivity contribution in [1.82, 2.24) is 4.98 Å². The van der Waals surface area contributed by atoms with E-state index >= 15 is 0 Å². The summed E-state index contributed by atoms with van der Waals surface area (Å²) in [7, 11) is 0. The van der Waals surface area contributed by atoms with Crippen molar-refractivity contribution in [2.45, 2.75) is 33.1 Å². The highest BCUT2D eigenvalue weighted by Gasteiger charge is 2.31. The highest BCUT2D eigenvalue weighted by molar-refractivity contribution is 6.71. The number of para-hydroxylation sites is 1. The van der Waals surface area contributed by atoms with Gasteiger partial charge >= 0.3 is 11.9 Å². The van der Waals surface area contributed by atoms with Gasteiger partial charge in [0.1, 0.15) is 11.3 Å². The van der Waals surface area contributed by atoms with E-state index in [-0.39, 0.29) is 33.5 Å². The number of amides is 1. The van der Waals surface area contributed by atoms with E-state index in [1.807, 2.05) is 24.3 Å². The number of rotatable bonds is 5. The molecule has 202 valence electrons. The molecule has 1 aliphatic rings. The molecule has 0 radical (unpaired) electrons. The first-order valence-corrected chi connectivity index (χ1v) is 12.5. The highest BCUT2D eigenvalue weighted by Crippen LogP contribution is 2.36. The summed E-state index contributed by atoms with van der Waals surface area (Å²) < 4.78 is 0. The molecule has 0 fully saturated rings. The zero-order chi connectivity index (χ0) is 28.8. The van der Waals surface area contributed by atoms with E-state index in [1.54, 1.807) is 37.3 Å². The van der Waals surface area contributed by atoms with Crippen molar-refractivity contribution in [2.24, 2.45) is 10.2 Å². The lowest BCUT2D eigenvalue weighted by Crippen LogP contribution is -2.28. The number of aromatic carboxylic acids is 1. The Morgan fingerprint density at radius 2 is 1.77 bits per heavy atom. The van der Waals surface area contributed by atoms with Gasteiger partial charge in [0, 0.05) is 22.7 Å². The van der Waals surface area contributed by atoms with Crippen LogP contribution in [0.15, 0.2) is 81.9 Å². The molecule has 1 amide bonds. The molecule has 4 N–H and O–H groups in total. The number of H-pyrrole nitrogens is 1. The number of pyridine rings is 1. The predicted octanol–water partition coefficient (Wildman–Crippen LogP) is 5.09. The summed E-state index contributed by atoms with van der Waals surface area (Å²) in [5.41, 5.74) is 5.81. The molecule has 0 unspecified atom stereocenters. The van der Waals surface area contributed by atoms with Gasteiger partial charge in [0.2, 0.25) is 5.43 Å². The summed E-state index contributed by atoms with van der Waals surface area (Å²) in [5.74, 6) is -1.83. The van der Waals surface area contributed by atoms with Gasteiger partial charge < -0.3 is 15.2 Å². The van der Waals surface area contributed by atoms with Crippen molar-refractivity contribution < 1.29 is 19.8 Å². The maximum atomic E-state index is 13.1. The van der Waals surface area contributed by atoms with Crippen LogP contribution in [-0.2, 0) is 10.2 Å². The number of carbonyl (C=O) groups is 2. The number of nitrogens with zero attached hydrogens (tertiary/aromatic N) is 3. The third-order valence-corrected chi connectivity index (χ3v) is 6.71. The summed E-state index contributed by atoms with van der Waals surface area (Å²) in [6.45, 7) is 8.03. The number of aromatic amines is 1. The van der Waals surface area contributed by atoms with Crippen molar-refractivity contribution in [1.29, 1.82) is 0 Å². The van der Waals surface area contributed by atoms with E-state index in [0.717, 1.165) is 11.8 Å². The van der Waals surface area contributed by atoms with Crippen LogP contribution in [0.2, 0.25) is 0 Å². The Kier molecular flexibility index (Phi) is 6.46. The van der Waals surface area contributed by atoms with Crippen LogP contribution >= 0.6 is 0 Å². The fourth-order valence-electron chi connectivity index (χ4n) is 4.44. The van der Waals surface area contributed by atoms with Crippen LogP contribution in [0.5, 0.6) is 5.75 Å². The Morgan fingerprint density at radius 1 is 1.05 bits per heavy atom. The lowest BCUT2D eigenvalue weighted by atomic mass is 9.87. The lowest BCUT2D eigenvalue weighted by Gasteiger charge is -2.20. The van der Waals surface area contributed by atoms with Crippen molar-refractivity contribution in [3.8, 4) is 16.9 Å². The predicted molar refractivity (Wildman–Crippen MR) is 155 cm³/mol. The van der Waals surface area contributed by atoms with Crippen LogP contribution in [0, 0.1) is 0 Å². The normalized spacial score (nSPS) is 14.6. The van der Waals surface area contributed by atoms with Gasteiger partial charge in [-0.1, -0.05) is 51.1 Å². The number of carboxylic acids is 1. The molecule has 0 saturated carbocycles. The molecule has 10 nitrogen and oxygen atoms in total. The quantitative estimate of drug-likeness (QED) is 0.206. The number of benzene rings is 3. The number of hydrogen-bond donors (Lipinski definition) is 4. The van der Waals surface area contributed by atoms with Crippen molar-refractivity contribution >= 4 is 45.6 Å². The second-order valence-corrected chi connectivity index (χ2v) is 10.5. The average molecular weight is 538 g/mol. The molecule has 0 atom stereocenters. The molecule has 0 saturated heterocycles. The summed E-state index contributed by atoms with van der Waals surface area (Å²) in [6, 6.07) is 17.4. The topological polar surface area (TPSA) is 147 Å². The standard InChI is InChI=1S/C30H27N5O5/c1-16-25(28(38)35(34-16)19-11-9-18(10-12-19)30(2,3)4)33-32-23-7-5-6-20(27(23)37)17-8-13-21-24(14-17)31-15-22(26(21)36)29(39)40/h5-15,32,37H,1-4H3,(H,31,36)(H,39,40). The molecule has 1 aromatic heterocycles. The van der Waals surface area contributed by atoms with Crippen molar-refractivity contribution in [3.05, 3.63) is 88.2 Å². The third kappa shape index (κ3) is 4.71. The monoisotopic (exact) mass is 537 g/mol. The van der Waals surface area contributed by atoms with Gasteiger partial charge in [-0.05, 0) is 53.8 Å². The number of anilines is 2. The summed E-state index contributed by atoms with van der Waals surface area (Å²) in [4.78, 5) is 39.7. The minimum atomic E-state index is -1.31. The Labute approximate surface area is 229 Å². The second-order valence-electron chi connectivity index (χ2n) is 10.5. The van der Waals surface area contributed by atoms with Gasteiger partial charge in [0.05, 0.1) is 17.1 Å². The number of aromatic hydroxyl groups is 1. The minimum Gasteiger partial charge on any atom is -0.505 e. The van der Waals surface area contributed by atoms with Crippen LogP contribution in [0.3, 0.4) is 0 Å². The molecular weight excluding hydrogens is 510 g/mol. The molecule has 4 aromatic rings. The van der Waals surface area contributed by atoms with E-state index in [1.165, 1.54) is 11.1 Å². The lowest BCUT2D eigenvalue weighted by molar-refractivity contribution is -0.112. The Bertz CT molecular complexity index is 1800. The van der Waals surface area contributed by atoms with E-state index in [4.69, 9.17) is 0 Å². The SMILES string of the molecule is CC1=NN(c2ccc(C(C)(C)C)cc2)C(=O)C1=NNc1cccc(-c2ccc3c(=O)c(C(=O)O)c[nH]c3c2)c1O. The number of hydrogen-bond acceptors (Lipinski definition) is 7. The third-order valence-electron chi connectivity index (χ3n) is 6.71. The molecule has 10 heteroatoms. The van der Waals surface area contributed by atoms with Gasteiger partial charge in [-0.25, -0.2) is 4.79 Å². The van der Waals surface area contributed by atoms with Crippen LogP contribution in [0.4, 0.5) is 11.4 Å². The molecule has 40 heavy (non-hydrogen) atoms. The number of nitrogens with one attached hydrogen (secondary N) is 2. The molecule has 5 rings (SSSR count). The van der Waals surface area contributed by atoms with Crippen LogP contribution in [-0.4, -0.2) is 38.5 Å². The largest absolute Gasteiger partial charge is 0.505 e. The Hall–Kier alpha value is -5.25. The number of fused-ring (bicyclic) bond motifs is 1. The van der Waals surface area contributed by atoms with Gasteiger partial charge in [-0.15, -0.1) is 0 Å². The van der Waals surface area contributed by atoms with Crippen LogP contribution in [0.1, 0.15) is 43.6 Å². The van der Waals surface area contributed by atoms with E-state index in [0.29, 0.717) is 28.0 Å². The molecule has 3 aromatic carbocycles. The molecule has 0 aliphatic carbocycles. The number of phenols is 1. The van der Waals surface area contributed by atoms with E-state index in [9.17, 15) is 24.6 Å². The highest BCUT2D eigenvalue weighted by atomic mass is 16.4. The van der Waals surface area contributed by atoms with Crippen molar-refractivity contribution in [3.63, 3.8) is 0 Å². The average Bonchev–Trinajstić information content (AvgIpc) is 3.20. The fraction of sp³-hybridized carbons (Fsp3) is 0.167. The molecular formula is C30H27N5O5. The van der Waals surface area contributed by atoms with E-state index < -0.39 is 17.3 Å². The second kappa shape index (κ2) is 9.81. The molecule has 2 heterocycles. The summed E-state index contributed by atoms with van der Waals surface area (Å²) >= 11 is 0. The first kappa shape index (κ1) is 26.4. The number of aromatic nitrogens is 1. The molecule has 1 aliphatic heterocycles. The van der Waals surface area contributed by atoms with Gasteiger partial charge in [-0.3, -0.25) is 15.0 Å². The van der Waals surface area contributed by atoms with Gasteiger partial charge in [0.15, 0.2) is 5.71 Å². The molecule has 0 bridgehead atoms. The van der Waals surface area contributed by atoms with E-state index in [2.05, 4.69) is 41.4 Å². The summed E-state index contributed by atoms with van der Waals surface area (Å²) in [5, 5.41) is 30.3. The number of carboxylic acid groups (broad SMARTS) is 1. The summed E-state index contributed by atoms with van der Waals surface area (Å²) in [6.07, 6.45) is 1.15. The van der Waals surface area contributed by atoms with Crippen molar-refractivity contribution in [2.75, 3.05) is 10.4 Å². The molecule has 0 spiro atoms. The zero-order valence-electron chi connectivity index (χ0n) is 22.3. The fourth-order valence-corrected chi connectivity index (χ4v) is 4.44. The maximum Gasteiger partial charge on any atom is 0.341 e. The smallest absolute Gasteiger partial charge is 0.341 e. The number of hydrazone groups is 2. The zero-order valence-corrected chi connectivity index (χ0v) is 22.3. The first-order chi connectivity index (χ1) is 19.0. The first-order valence-electron chi connectivity index (χ1n) is 12.5. The Balaban J connectivity index is 1.40. The van der Waals surface area contributed by atoms with Crippen LogP contribution < -0.4 is 15.9 Å². The van der Waals surface area contributed by atoms with Crippen LogP contribution in [0.25, 0.3) is 22.0 Å². The maximum absolute atomic E-state index is 13.1.